The fraction of sp³-hybridized carbons (Fsp3) is 0.600. The standard InChI is InChI=1S/C15H19ClN2O3S/c16-12-4-3-11(22-12)14(19)17-13(9-1-2-9)10-5-7-18(8-6-10)15(20)21/h3-4,9-10,13H,1-2,5-8H2,(H,17,19)(H,20,21)/t13-/m0/s1. The normalized spacial score (nSPS) is 20.7. The van der Waals surface area contributed by atoms with Crippen LogP contribution in [0.15, 0.2) is 12.1 Å². The Kier molecular flexibility index (Phi) is 4.59. The summed E-state index contributed by atoms with van der Waals surface area (Å²) in [6, 6.07) is 3.64. The number of nitrogens with one attached hydrogen (secondary N) is 1. The van der Waals surface area contributed by atoms with Crippen molar-refractivity contribution in [3.05, 3.63) is 21.3 Å². The predicted molar refractivity (Wildman–Crippen MR) is 85.6 cm³/mol. The van der Waals surface area contributed by atoms with Gasteiger partial charge in [0.15, 0.2) is 0 Å². The number of nitrogens with zero attached hydrogens (tertiary/aromatic N) is 1. The molecule has 1 atom stereocenters. The van der Waals surface area contributed by atoms with Crippen molar-refractivity contribution in [1.29, 1.82) is 0 Å². The number of amides is 2. The molecule has 2 aliphatic rings. The third kappa shape index (κ3) is 3.55. The predicted octanol–water partition coefficient (Wildman–Crippen LogP) is 3.30. The van der Waals surface area contributed by atoms with Crippen LogP contribution >= 0.6 is 22.9 Å². The summed E-state index contributed by atoms with van der Waals surface area (Å²) in [6.07, 6.45) is 3.08. The summed E-state index contributed by atoms with van der Waals surface area (Å²) in [5.41, 5.74) is 0. The zero-order chi connectivity index (χ0) is 15.7. The molecule has 2 amide bonds. The first-order valence-corrected chi connectivity index (χ1v) is 8.78. The average Bonchev–Trinajstić information content (AvgIpc) is 3.25. The second kappa shape index (κ2) is 6.46. The topological polar surface area (TPSA) is 69.6 Å². The van der Waals surface area contributed by atoms with Crippen LogP contribution in [0.3, 0.4) is 0 Å². The minimum absolute atomic E-state index is 0.0607. The highest BCUT2D eigenvalue weighted by Gasteiger charge is 2.39. The van der Waals surface area contributed by atoms with Crippen LogP contribution in [0.2, 0.25) is 4.34 Å². The summed E-state index contributed by atoms with van der Waals surface area (Å²) in [6.45, 7) is 1.12. The third-order valence-electron chi connectivity index (χ3n) is 4.54. The Morgan fingerprint density at radius 2 is 1.86 bits per heavy atom. The maximum atomic E-state index is 12.4. The second-order valence-electron chi connectivity index (χ2n) is 6.05. The van der Waals surface area contributed by atoms with Gasteiger partial charge in [-0.2, -0.15) is 0 Å². The SMILES string of the molecule is O=C(N[C@@H](C1CC1)C1CCN(C(=O)O)CC1)c1ccc(Cl)s1. The lowest BCUT2D eigenvalue weighted by Gasteiger charge is -2.35. The molecule has 1 aliphatic carbocycles. The zero-order valence-electron chi connectivity index (χ0n) is 12.1. The van der Waals surface area contributed by atoms with E-state index in [1.54, 1.807) is 12.1 Å². The molecule has 0 bridgehead atoms. The van der Waals surface area contributed by atoms with Crippen molar-refractivity contribution < 1.29 is 14.7 Å². The van der Waals surface area contributed by atoms with Gasteiger partial charge in [0.2, 0.25) is 0 Å². The highest BCUT2D eigenvalue weighted by Crippen LogP contribution is 2.39. The van der Waals surface area contributed by atoms with Crippen molar-refractivity contribution in [2.75, 3.05) is 13.1 Å². The Balaban J connectivity index is 1.61. The molecule has 7 heteroatoms. The van der Waals surface area contributed by atoms with E-state index in [1.165, 1.54) is 16.2 Å². The molecule has 1 saturated heterocycles. The van der Waals surface area contributed by atoms with Crippen LogP contribution in [0.1, 0.15) is 35.4 Å². The molecule has 0 radical (unpaired) electrons. The van der Waals surface area contributed by atoms with Gasteiger partial charge in [-0.25, -0.2) is 4.79 Å². The summed E-state index contributed by atoms with van der Waals surface area (Å²) in [5, 5.41) is 12.2. The molecule has 2 N–H and O–H groups in total. The molecule has 120 valence electrons. The van der Waals surface area contributed by atoms with E-state index in [0.29, 0.717) is 34.1 Å². The number of rotatable bonds is 4. The lowest BCUT2D eigenvalue weighted by molar-refractivity contribution is 0.0868. The van der Waals surface area contributed by atoms with Crippen LogP contribution in [0.25, 0.3) is 0 Å². The number of hydrogen-bond donors (Lipinski definition) is 2. The molecular weight excluding hydrogens is 324 g/mol. The van der Waals surface area contributed by atoms with Gasteiger partial charge in [0.05, 0.1) is 9.21 Å². The molecular formula is C15H19ClN2O3S. The Morgan fingerprint density at radius 3 is 2.36 bits per heavy atom. The zero-order valence-corrected chi connectivity index (χ0v) is 13.7. The fourth-order valence-electron chi connectivity index (χ4n) is 3.18. The first kappa shape index (κ1) is 15.6. The Bertz CT molecular complexity index is 565. The molecule has 2 heterocycles. The molecule has 1 aliphatic heterocycles. The number of piperidine rings is 1. The Morgan fingerprint density at radius 1 is 1.23 bits per heavy atom. The molecule has 3 rings (SSSR count). The number of hydrogen-bond acceptors (Lipinski definition) is 3. The lowest BCUT2D eigenvalue weighted by Crippen LogP contribution is -2.47. The third-order valence-corrected chi connectivity index (χ3v) is 5.77. The van der Waals surface area contributed by atoms with E-state index in [0.717, 1.165) is 25.7 Å². The van der Waals surface area contributed by atoms with Crippen molar-refractivity contribution in [2.24, 2.45) is 11.8 Å². The van der Waals surface area contributed by atoms with Gasteiger partial charge in [-0.3, -0.25) is 4.79 Å². The van der Waals surface area contributed by atoms with Gasteiger partial charge in [-0.1, -0.05) is 11.6 Å². The van der Waals surface area contributed by atoms with Gasteiger partial charge in [0, 0.05) is 19.1 Å². The van der Waals surface area contributed by atoms with E-state index in [-0.39, 0.29) is 11.9 Å². The number of likely N-dealkylation sites (tertiary alicyclic amines) is 1. The summed E-state index contributed by atoms with van der Waals surface area (Å²) in [5.74, 6) is 0.845. The molecule has 5 nitrogen and oxygen atoms in total. The van der Waals surface area contributed by atoms with Crippen molar-refractivity contribution in [3.63, 3.8) is 0 Å². The van der Waals surface area contributed by atoms with Crippen LogP contribution in [0, 0.1) is 11.8 Å². The Labute approximate surface area is 138 Å². The number of carbonyl (C=O) groups is 2. The van der Waals surface area contributed by atoms with Crippen molar-refractivity contribution in [3.8, 4) is 0 Å². The minimum atomic E-state index is -0.848. The maximum Gasteiger partial charge on any atom is 0.407 e. The molecule has 0 aromatic carbocycles. The number of carboxylic acid groups (broad SMARTS) is 1. The van der Waals surface area contributed by atoms with Crippen molar-refractivity contribution >= 4 is 34.9 Å². The molecule has 0 spiro atoms. The molecule has 0 unspecified atom stereocenters. The first-order valence-electron chi connectivity index (χ1n) is 7.58. The molecule has 2 fully saturated rings. The summed E-state index contributed by atoms with van der Waals surface area (Å²) in [7, 11) is 0. The highest BCUT2D eigenvalue weighted by molar-refractivity contribution is 7.17. The van der Waals surface area contributed by atoms with Gasteiger partial charge < -0.3 is 15.3 Å². The molecule has 1 saturated carbocycles. The largest absolute Gasteiger partial charge is 0.465 e. The summed E-state index contributed by atoms with van der Waals surface area (Å²) in [4.78, 5) is 25.4. The van der Waals surface area contributed by atoms with Crippen molar-refractivity contribution in [1.82, 2.24) is 10.2 Å². The van der Waals surface area contributed by atoms with Gasteiger partial charge in [0.1, 0.15) is 0 Å². The van der Waals surface area contributed by atoms with Gasteiger partial charge in [0.25, 0.3) is 5.91 Å². The second-order valence-corrected chi connectivity index (χ2v) is 7.76. The van der Waals surface area contributed by atoms with E-state index in [1.807, 2.05) is 0 Å². The molecule has 1 aromatic heterocycles. The highest BCUT2D eigenvalue weighted by atomic mass is 35.5. The van der Waals surface area contributed by atoms with Crippen LogP contribution in [-0.4, -0.2) is 41.1 Å². The average molecular weight is 343 g/mol. The first-order chi connectivity index (χ1) is 10.5. The van der Waals surface area contributed by atoms with Crippen molar-refractivity contribution in [2.45, 2.75) is 31.7 Å². The summed E-state index contributed by atoms with van der Waals surface area (Å²) >= 11 is 7.18. The van der Waals surface area contributed by atoms with E-state index >= 15 is 0 Å². The number of carbonyl (C=O) groups excluding carboxylic acids is 1. The fourth-order valence-corrected chi connectivity index (χ4v) is 4.13. The molecule has 22 heavy (non-hydrogen) atoms. The van der Waals surface area contributed by atoms with Gasteiger partial charge >= 0.3 is 6.09 Å². The van der Waals surface area contributed by atoms with E-state index < -0.39 is 6.09 Å². The van der Waals surface area contributed by atoms with Crippen LogP contribution in [0.4, 0.5) is 4.79 Å². The van der Waals surface area contributed by atoms with Gasteiger partial charge in [-0.15, -0.1) is 11.3 Å². The number of halogens is 1. The van der Waals surface area contributed by atoms with Gasteiger partial charge in [-0.05, 0) is 49.7 Å². The van der Waals surface area contributed by atoms with Crippen LogP contribution in [-0.2, 0) is 0 Å². The monoisotopic (exact) mass is 342 g/mol. The smallest absolute Gasteiger partial charge is 0.407 e. The maximum absolute atomic E-state index is 12.4. The summed E-state index contributed by atoms with van der Waals surface area (Å²) < 4.78 is 0.614. The van der Waals surface area contributed by atoms with Crippen LogP contribution < -0.4 is 5.32 Å². The van der Waals surface area contributed by atoms with E-state index in [9.17, 15) is 9.59 Å². The minimum Gasteiger partial charge on any atom is -0.465 e. The van der Waals surface area contributed by atoms with E-state index in [2.05, 4.69) is 5.32 Å². The van der Waals surface area contributed by atoms with Crippen LogP contribution in [0.5, 0.6) is 0 Å². The number of thiophene rings is 1. The lowest BCUT2D eigenvalue weighted by atomic mass is 9.86. The quantitative estimate of drug-likeness (QED) is 0.882. The molecule has 1 aromatic rings. The van der Waals surface area contributed by atoms with E-state index in [4.69, 9.17) is 16.7 Å². The Hall–Kier alpha value is -1.27.